The van der Waals surface area contributed by atoms with Crippen molar-refractivity contribution < 1.29 is 22.8 Å². The molecule has 10 nitrogen and oxygen atoms in total. The summed E-state index contributed by atoms with van der Waals surface area (Å²) in [7, 11) is -0.719. The highest BCUT2D eigenvalue weighted by Crippen LogP contribution is 2.35. The Morgan fingerprint density at radius 1 is 1.27 bits per heavy atom. The zero-order valence-electron chi connectivity index (χ0n) is 18.8. The number of amides is 4. The van der Waals surface area contributed by atoms with Crippen molar-refractivity contribution in [3.8, 4) is 0 Å². The van der Waals surface area contributed by atoms with E-state index in [0.717, 1.165) is 22.0 Å². The number of amidine groups is 1. The highest BCUT2D eigenvalue weighted by Gasteiger charge is 2.53. The van der Waals surface area contributed by atoms with E-state index in [9.17, 15) is 22.8 Å². The lowest BCUT2D eigenvalue weighted by Gasteiger charge is -2.21. The average Bonchev–Trinajstić information content (AvgIpc) is 3.43. The van der Waals surface area contributed by atoms with Gasteiger partial charge >= 0.3 is 6.03 Å². The van der Waals surface area contributed by atoms with Crippen molar-refractivity contribution in [3.05, 3.63) is 24.3 Å². The lowest BCUT2D eigenvalue weighted by atomic mass is 9.98. The number of carbonyl (C=O) groups excluding carboxylic acids is 3. The predicted molar refractivity (Wildman–Crippen MR) is 125 cm³/mol. The lowest BCUT2D eigenvalue weighted by molar-refractivity contribution is -0.136. The van der Waals surface area contributed by atoms with Crippen molar-refractivity contribution >= 4 is 50.5 Å². The van der Waals surface area contributed by atoms with Crippen LogP contribution in [0.2, 0.25) is 0 Å². The minimum Gasteiger partial charge on any atom is -0.323 e. The number of hydrogen-bond acceptors (Lipinski definition) is 7. The minimum atomic E-state index is -3.62. The van der Waals surface area contributed by atoms with Crippen molar-refractivity contribution in [2.45, 2.75) is 48.3 Å². The van der Waals surface area contributed by atoms with Crippen molar-refractivity contribution in [1.82, 2.24) is 19.4 Å². The monoisotopic (exact) mass is 493 g/mol. The van der Waals surface area contributed by atoms with E-state index in [4.69, 9.17) is 0 Å². The Hall–Kier alpha value is -2.44. The molecule has 1 spiro atoms. The molecule has 3 fully saturated rings. The molecule has 4 rings (SSSR count). The van der Waals surface area contributed by atoms with Crippen LogP contribution in [-0.4, -0.2) is 83.5 Å². The molecule has 33 heavy (non-hydrogen) atoms. The Morgan fingerprint density at radius 3 is 2.64 bits per heavy atom. The smallest absolute Gasteiger partial charge is 0.323 e. The molecule has 2 heterocycles. The third kappa shape index (κ3) is 4.38. The second-order valence-electron chi connectivity index (χ2n) is 8.72. The van der Waals surface area contributed by atoms with Crippen LogP contribution in [-0.2, 0) is 19.6 Å². The number of imide groups is 1. The molecule has 2 aliphatic heterocycles. The van der Waals surface area contributed by atoms with Gasteiger partial charge in [0.05, 0.1) is 10.6 Å². The zero-order chi connectivity index (χ0) is 24.0. The molecule has 178 valence electrons. The van der Waals surface area contributed by atoms with Gasteiger partial charge in [0, 0.05) is 25.9 Å². The summed E-state index contributed by atoms with van der Waals surface area (Å²) < 4.78 is 26.0. The van der Waals surface area contributed by atoms with Gasteiger partial charge in [0.1, 0.15) is 12.1 Å². The van der Waals surface area contributed by atoms with Crippen LogP contribution in [0, 0.1) is 0 Å². The molecule has 0 bridgehead atoms. The van der Waals surface area contributed by atoms with Crippen molar-refractivity contribution in [2.75, 3.05) is 27.2 Å². The van der Waals surface area contributed by atoms with Crippen LogP contribution < -0.4 is 5.32 Å². The second kappa shape index (κ2) is 8.73. The summed E-state index contributed by atoms with van der Waals surface area (Å²) in [5, 5.41) is 3.26. The molecule has 1 aromatic rings. The number of nitrogens with one attached hydrogen (secondary N) is 1. The molecule has 0 radical (unpaired) electrons. The SMILES string of the molecule is C[C@@H]1CN(C(=O)CN2C(=O)NC3(CCCC3)C2=O)C(=Nc2cccc(S(=O)(=O)N(C)C)c2)S1. The first-order chi connectivity index (χ1) is 15.5. The summed E-state index contributed by atoms with van der Waals surface area (Å²) in [6.45, 7) is 1.97. The van der Waals surface area contributed by atoms with E-state index in [0.29, 0.717) is 30.2 Å². The third-order valence-electron chi connectivity index (χ3n) is 6.10. The number of thioether (sulfide) groups is 1. The predicted octanol–water partition coefficient (Wildman–Crippen LogP) is 1.75. The van der Waals surface area contributed by atoms with Crippen LogP contribution in [0.15, 0.2) is 34.2 Å². The quantitative estimate of drug-likeness (QED) is 0.624. The van der Waals surface area contributed by atoms with E-state index in [1.807, 2.05) is 6.92 Å². The molecule has 1 aliphatic carbocycles. The Morgan fingerprint density at radius 2 is 1.97 bits per heavy atom. The molecule has 0 aromatic heterocycles. The van der Waals surface area contributed by atoms with Gasteiger partial charge in [-0.1, -0.05) is 37.6 Å². The molecule has 1 saturated carbocycles. The minimum absolute atomic E-state index is 0.0608. The summed E-state index contributed by atoms with van der Waals surface area (Å²) in [4.78, 5) is 45.5. The first-order valence-electron chi connectivity index (χ1n) is 10.8. The number of nitrogens with zero attached hydrogens (tertiary/aromatic N) is 4. The zero-order valence-corrected chi connectivity index (χ0v) is 20.4. The van der Waals surface area contributed by atoms with Gasteiger partial charge in [-0.2, -0.15) is 0 Å². The fraction of sp³-hybridized carbons (Fsp3) is 0.524. The molecule has 12 heteroatoms. The molecule has 1 N–H and O–H groups in total. The Bertz CT molecular complexity index is 1130. The fourth-order valence-corrected chi connectivity index (χ4v) is 6.29. The fourth-order valence-electron chi connectivity index (χ4n) is 4.30. The van der Waals surface area contributed by atoms with Crippen LogP contribution in [0.1, 0.15) is 32.6 Å². The number of aliphatic imine (C=N–C) groups is 1. The molecule has 1 atom stereocenters. The maximum Gasteiger partial charge on any atom is 0.325 e. The van der Waals surface area contributed by atoms with Gasteiger partial charge in [0.2, 0.25) is 15.9 Å². The molecule has 0 unspecified atom stereocenters. The van der Waals surface area contributed by atoms with Gasteiger partial charge in [-0.3, -0.25) is 19.4 Å². The van der Waals surface area contributed by atoms with Crippen LogP contribution >= 0.6 is 11.8 Å². The van der Waals surface area contributed by atoms with Crippen LogP contribution in [0.25, 0.3) is 0 Å². The largest absolute Gasteiger partial charge is 0.325 e. The van der Waals surface area contributed by atoms with Gasteiger partial charge < -0.3 is 5.32 Å². The van der Waals surface area contributed by atoms with Gasteiger partial charge in [-0.25, -0.2) is 22.5 Å². The number of hydrogen-bond donors (Lipinski definition) is 1. The van der Waals surface area contributed by atoms with Crippen molar-refractivity contribution in [3.63, 3.8) is 0 Å². The standard InChI is InChI=1S/C21H27N5O5S2/c1-14-12-25(17(27)13-26-18(28)21(23-19(26)29)9-4-5-10-21)20(32-14)22-15-7-6-8-16(11-15)33(30,31)24(2)3/h6-8,11,14H,4-5,9-10,12-13H2,1-3H3,(H,23,29)/t14-/m1/s1. The van der Waals surface area contributed by atoms with Gasteiger partial charge in [-0.15, -0.1) is 0 Å². The average molecular weight is 494 g/mol. The number of benzene rings is 1. The summed E-state index contributed by atoms with van der Waals surface area (Å²) in [5.74, 6) is -0.737. The van der Waals surface area contributed by atoms with Crippen LogP contribution in [0.5, 0.6) is 0 Å². The van der Waals surface area contributed by atoms with E-state index >= 15 is 0 Å². The van der Waals surface area contributed by atoms with Crippen molar-refractivity contribution in [2.24, 2.45) is 4.99 Å². The van der Waals surface area contributed by atoms with Crippen molar-refractivity contribution in [1.29, 1.82) is 0 Å². The number of urea groups is 1. The highest BCUT2D eigenvalue weighted by atomic mass is 32.2. The molecule has 3 aliphatic rings. The van der Waals surface area contributed by atoms with Gasteiger partial charge in [0.25, 0.3) is 5.91 Å². The molecular formula is C21H27N5O5S2. The van der Waals surface area contributed by atoms with Gasteiger partial charge in [0.15, 0.2) is 5.17 Å². The lowest BCUT2D eigenvalue weighted by Crippen LogP contribution is -2.46. The van der Waals surface area contributed by atoms with E-state index in [-0.39, 0.29) is 22.6 Å². The highest BCUT2D eigenvalue weighted by molar-refractivity contribution is 8.14. The first-order valence-corrected chi connectivity index (χ1v) is 13.1. The molecular weight excluding hydrogens is 466 g/mol. The van der Waals surface area contributed by atoms with Crippen LogP contribution in [0.3, 0.4) is 0 Å². The third-order valence-corrected chi connectivity index (χ3v) is 8.98. The Labute approximate surface area is 197 Å². The van der Waals surface area contributed by atoms with E-state index in [1.165, 1.54) is 42.9 Å². The second-order valence-corrected chi connectivity index (χ2v) is 12.3. The van der Waals surface area contributed by atoms with Crippen LogP contribution in [0.4, 0.5) is 10.5 Å². The molecule has 4 amide bonds. The van der Waals surface area contributed by atoms with E-state index < -0.39 is 27.5 Å². The maximum atomic E-state index is 13.1. The Balaban J connectivity index is 1.55. The first kappa shape index (κ1) is 23.7. The van der Waals surface area contributed by atoms with E-state index in [2.05, 4.69) is 10.3 Å². The maximum absolute atomic E-state index is 13.1. The molecule has 2 saturated heterocycles. The summed E-state index contributed by atoms with van der Waals surface area (Å²) in [6, 6.07) is 5.67. The number of sulfonamides is 1. The summed E-state index contributed by atoms with van der Waals surface area (Å²) in [5.41, 5.74) is -0.466. The van der Waals surface area contributed by atoms with Gasteiger partial charge in [-0.05, 0) is 31.0 Å². The summed E-state index contributed by atoms with van der Waals surface area (Å²) >= 11 is 1.39. The summed E-state index contributed by atoms with van der Waals surface area (Å²) in [6.07, 6.45) is 2.93. The number of carbonyl (C=O) groups is 3. The molecule has 1 aromatic carbocycles. The number of rotatable bonds is 5. The topological polar surface area (TPSA) is 119 Å². The van der Waals surface area contributed by atoms with E-state index in [1.54, 1.807) is 12.1 Å². The normalized spacial score (nSPS) is 23.9. The Kier molecular flexibility index (Phi) is 6.27.